The maximum absolute atomic E-state index is 14.0. The van der Waals surface area contributed by atoms with Crippen molar-refractivity contribution in [2.45, 2.75) is 97.6 Å². The first-order valence-corrected chi connectivity index (χ1v) is 29.9. The molecule has 0 aliphatic carbocycles. The van der Waals surface area contributed by atoms with Gasteiger partial charge >= 0.3 is 0 Å². The first-order chi connectivity index (χ1) is 40.1. The second kappa shape index (κ2) is 33.8. The number of aliphatic hydroxyl groups is 1. The van der Waals surface area contributed by atoms with Gasteiger partial charge in [0.1, 0.15) is 30.3 Å². The minimum absolute atomic E-state index is 0.00876. The molecule has 3 atom stereocenters. The highest BCUT2D eigenvalue weighted by molar-refractivity contribution is 7.13. The maximum atomic E-state index is 14.0. The van der Waals surface area contributed by atoms with Gasteiger partial charge in [0.25, 0.3) is 0 Å². The summed E-state index contributed by atoms with van der Waals surface area (Å²) in [4.78, 5) is 64.9. The molecular formula is C60H79Cl2N7O13S. The van der Waals surface area contributed by atoms with Gasteiger partial charge in [-0.2, -0.15) is 0 Å². The predicted octanol–water partition coefficient (Wildman–Crippen LogP) is 6.79. The van der Waals surface area contributed by atoms with E-state index in [0.29, 0.717) is 102 Å². The molecule has 0 saturated carbocycles. The molecule has 2 aliphatic heterocycles. The minimum Gasteiger partial charge on any atom is -0.491 e. The zero-order valence-electron chi connectivity index (χ0n) is 47.9. The van der Waals surface area contributed by atoms with Crippen LogP contribution in [0.15, 0.2) is 72.4 Å². The molecule has 2 aromatic heterocycles. The lowest BCUT2D eigenvalue weighted by atomic mass is 9.85. The van der Waals surface area contributed by atoms with Gasteiger partial charge in [-0.05, 0) is 65.8 Å². The fourth-order valence-corrected chi connectivity index (χ4v) is 10.4. The van der Waals surface area contributed by atoms with Crippen LogP contribution < -0.4 is 20.7 Å². The van der Waals surface area contributed by atoms with Crippen molar-refractivity contribution in [1.29, 1.82) is 0 Å². The number of nitrogens with zero attached hydrogens (tertiary/aromatic N) is 4. The number of carbonyl (C=O) groups is 4. The van der Waals surface area contributed by atoms with Crippen molar-refractivity contribution in [2.75, 3.05) is 106 Å². The number of ether oxygens (including phenoxy) is 8. The van der Waals surface area contributed by atoms with Crippen molar-refractivity contribution in [1.82, 2.24) is 35.4 Å². The molecule has 4 heterocycles. The zero-order valence-corrected chi connectivity index (χ0v) is 50.3. The summed E-state index contributed by atoms with van der Waals surface area (Å²) in [6.45, 7) is 14.4. The zero-order chi connectivity index (χ0) is 59.0. The van der Waals surface area contributed by atoms with Crippen LogP contribution in [0.1, 0.15) is 68.2 Å². The van der Waals surface area contributed by atoms with E-state index in [2.05, 4.69) is 31.7 Å². The van der Waals surface area contributed by atoms with Gasteiger partial charge in [-0.3, -0.25) is 19.2 Å². The molecule has 83 heavy (non-hydrogen) atoms. The Hall–Kier alpha value is -5.56. The molecule has 7 rings (SSSR count). The first kappa shape index (κ1) is 65.0. The first-order valence-electron chi connectivity index (χ1n) is 28.2. The fourth-order valence-electron chi connectivity index (χ4n) is 9.31. The quantitative estimate of drug-likeness (QED) is 0.0303. The van der Waals surface area contributed by atoms with Crippen LogP contribution in [-0.4, -0.2) is 172 Å². The second-order valence-electron chi connectivity index (χ2n) is 21.2. The number of fused-ring (bicyclic) bond motifs is 1. The van der Waals surface area contributed by atoms with Crippen molar-refractivity contribution < 1.29 is 62.2 Å². The van der Waals surface area contributed by atoms with E-state index in [1.165, 1.54) is 4.90 Å². The van der Waals surface area contributed by atoms with Crippen LogP contribution in [0.5, 0.6) is 5.75 Å². The highest BCUT2D eigenvalue weighted by atomic mass is 35.5. The molecule has 3 unspecified atom stereocenters. The number of hydrogen-bond donors (Lipinski definition) is 4. The van der Waals surface area contributed by atoms with Crippen molar-refractivity contribution in [3.63, 3.8) is 0 Å². The van der Waals surface area contributed by atoms with Gasteiger partial charge < -0.3 is 68.4 Å². The standard InChI is InChI=1S/C60H79Cl2N7O13S/c1-41-56(83-40-65-41)44-10-7-42(8-11-44)36-64-58(73)51-35-47(70)38-69(51)59(74)57(60(2,3)4)67-54(71)15-17-75-18-19-76-20-21-77-22-23-78-24-25-79-26-27-80-28-29-81-30-31-82-52-14-12-45(50-39-68-16-5-6-53(68)66-50)34-46(52)37-63-55(72)33-43-9-13-48(61)49(62)32-43/h7-14,32,34,39-40,47,51,57,70H,5-6,15-31,33,35-38H2,1-4H3,(H,63,72)(H,64,73)(H,67,71). The Morgan fingerprint density at radius 3 is 1.92 bits per heavy atom. The van der Waals surface area contributed by atoms with Crippen LogP contribution in [0.4, 0.5) is 0 Å². The highest BCUT2D eigenvalue weighted by Gasteiger charge is 2.44. The average Bonchev–Trinajstić information content (AvgIpc) is 4.29. The van der Waals surface area contributed by atoms with Crippen LogP contribution in [0.3, 0.4) is 0 Å². The van der Waals surface area contributed by atoms with E-state index in [-0.39, 0.29) is 69.8 Å². The van der Waals surface area contributed by atoms with Crippen LogP contribution in [0.25, 0.3) is 21.7 Å². The number of benzene rings is 3. The van der Waals surface area contributed by atoms with Gasteiger partial charge in [-0.1, -0.05) is 74.3 Å². The Balaban J connectivity index is 0.654. The summed E-state index contributed by atoms with van der Waals surface area (Å²) < 4.78 is 47.6. The van der Waals surface area contributed by atoms with Crippen molar-refractivity contribution in [3.05, 3.63) is 111 Å². The van der Waals surface area contributed by atoms with Crippen LogP contribution in [-0.2, 0) is 84.8 Å². The molecule has 20 nitrogen and oxygen atoms in total. The molecule has 452 valence electrons. The number of hydrogen-bond acceptors (Lipinski definition) is 16. The normalized spacial score (nSPS) is 15.3. The molecule has 4 N–H and O–H groups in total. The summed E-state index contributed by atoms with van der Waals surface area (Å²) in [6, 6.07) is 17.1. The van der Waals surface area contributed by atoms with Gasteiger partial charge in [0.05, 0.1) is 137 Å². The third-order valence-corrected chi connectivity index (χ3v) is 15.5. The summed E-state index contributed by atoms with van der Waals surface area (Å²) in [5.74, 6) is 0.417. The lowest BCUT2D eigenvalue weighted by Gasteiger charge is -2.35. The summed E-state index contributed by atoms with van der Waals surface area (Å²) in [6.07, 6.45) is 3.56. The summed E-state index contributed by atoms with van der Waals surface area (Å²) in [7, 11) is 0. The Morgan fingerprint density at radius 1 is 0.723 bits per heavy atom. The number of halogens is 2. The van der Waals surface area contributed by atoms with E-state index < -0.39 is 29.5 Å². The number of aromatic nitrogens is 3. The van der Waals surface area contributed by atoms with Crippen LogP contribution >= 0.6 is 34.5 Å². The molecule has 0 bridgehead atoms. The number of β-amino-alcohol motifs (C(OH)–C–C–N with tert-alkyl or cyclic N) is 1. The molecule has 1 saturated heterocycles. The van der Waals surface area contributed by atoms with Gasteiger partial charge in [-0.15, -0.1) is 11.3 Å². The number of rotatable bonds is 36. The Bertz CT molecular complexity index is 2830. The van der Waals surface area contributed by atoms with Gasteiger partial charge in [0, 0.05) is 62.8 Å². The number of nitrogens with one attached hydrogen (secondary N) is 3. The van der Waals surface area contributed by atoms with E-state index in [0.717, 1.165) is 69.3 Å². The SMILES string of the molecule is Cc1ncsc1-c1ccc(CNC(=O)C2CC(O)CN2C(=O)C(NC(=O)CCOCCOCCOCCOCCOCCOCCOCCOc2ccc(-c3cn4c(n3)CCC4)cc2CNC(=O)Cc2ccc(Cl)c(Cl)c2)C(C)(C)C)cc1. The number of carbonyl (C=O) groups excluding carboxylic acids is 4. The topological polar surface area (TPSA) is 232 Å². The summed E-state index contributed by atoms with van der Waals surface area (Å²) in [5.41, 5.74) is 7.47. The maximum Gasteiger partial charge on any atom is 0.246 e. The van der Waals surface area contributed by atoms with Gasteiger partial charge in [-0.25, -0.2) is 9.97 Å². The molecule has 23 heteroatoms. The Labute approximate surface area is 500 Å². The van der Waals surface area contributed by atoms with E-state index in [1.807, 2.05) is 75.7 Å². The average molecular weight is 1210 g/mol. The minimum atomic E-state index is -0.933. The molecule has 0 spiro atoms. The molecule has 2 aliphatic rings. The lowest BCUT2D eigenvalue weighted by molar-refractivity contribution is -0.144. The van der Waals surface area contributed by atoms with Crippen molar-refractivity contribution in [3.8, 4) is 27.4 Å². The number of aliphatic hydroxyl groups excluding tert-OH is 1. The van der Waals surface area contributed by atoms with E-state index >= 15 is 0 Å². The third-order valence-electron chi connectivity index (χ3n) is 13.7. The molecule has 4 amide bonds. The fraction of sp³-hybridized carbons (Fsp3) is 0.533. The number of amides is 4. The van der Waals surface area contributed by atoms with Crippen LogP contribution in [0, 0.1) is 12.3 Å². The number of likely N-dealkylation sites (tertiary alicyclic amines) is 1. The summed E-state index contributed by atoms with van der Waals surface area (Å²) >= 11 is 13.8. The number of aryl methyl sites for hydroxylation is 3. The smallest absolute Gasteiger partial charge is 0.246 e. The third kappa shape index (κ3) is 21.2. The highest BCUT2D eigenvalue weighted by Crippen LogP contribution is 2.31. The Kier molecular flexibility index (Phi) is 26.5. The summed E-state index contributed by atoms with van der Waals surface area (Å²) in [5, 5.41) is 20.2. The predicted molar refractivity (Wildman–Crippen MR) is 315 cm³/mol. The molecule has 3 aromatic carbocycles. The van der Waals surface area contributed by atoms with Crippen molar-refractivity contribution in [2.24, 2.45) is 5.41 Å². The van der Waals surface area contributed by atoms with E-state index in [4.69, 9.17) is 66.1 Å². The molecule has 1 fully saturated rings. The van der Waals surface area contributed by atoms with Crippen LogP contribution in [0.2, 0.25) is 10.0 Å². The number of imidazole rings is 1. The van der Waals surface area contributed by atoms with E-state index in [9.17, 15) is 24.3 Å². The van der Waals surface area contributed by atoms with Crippen molar-refractivity contribution >= 4 is 58.2 Å². The second-order valence-corrected chi connectivity index (χ2v) is 22.9. The monoisotopic (exact) mass is 1210 g/mol. The Morgan fingerprint density at radius 2 is 1.33 bits per heavy atom. The molecule has 0 radical (unpaired) electrons. The lowest BCUT2D eigenvalue weighted by Crippen LogP contribution is -2.57. The van der Waals surface area contributed by atoms with E-state index in [1.54, 1.807) is 29.5 Å². The number of thiazole rings is 1. The van der Waals surface area contributed by atoms with Gasteiger partial charge in [0.2, 0.25) is 23.6 Å². The molecular weight excluding hydrogens is 1130 g/mol. The largest absolute Gasteiger partial charge is 0.491 e. The van der Waals surface area contributed by atoms with Gasteiger partial charge in [0.15, 0.2) is 0 Å². The molecule has 5 aromatic rings.